The summed E-state index contributed by atoms with van der Waals surface area (Å²) in [5, 5.41) is 8.55. The van der Waals surface area contributed by atoms with Crippen LogP contribution in [0.3, 0.4) is 0 Å². The molecule has 1 aromatic rings. The highest BCUT2D eigenvalue weighted by molar-refractivity contribution is 7.92. The molecule has 18 heavy (non-hydrogen) atoms. The Morgan fingerprint density at radius 1 is 1.39 bits per heavy atom. The fourth-order valence-corrected chi connectivity index (χ4v) is 2.02. The van der Waals surface area contributed by atoms with Crippen LogP contribution in [-0.4, -0.2) is 25.7 Å². The van der Waals surface area contributed by atoms with E-state index in [0.29, 0.717) is 12.1 Å². The molecular weight excluding hydrogens is 256 g/mol. The number of sulfonamides is 1. The van der Waals surface area contributed by atoms with Crippen molar-refractivity contribution in [2.75, 3.05) is 11.0 Å². The SMILES string of the molecule is CS(=O)(=O)Nc1ccc(C(N)CCC(=O)O)cc1. The van der Waals surface area contributed by atoms with E-state index >= 15 is 0 Å². The van der Waals surface area contributed by atoms with Gasteiger partial charge in [-0.05, 0) is 24.1 Å². The van der Waals surface area contributed by atoms with E-state index in [9.17, 15) is 13.2 Å². The van der Waals surface area contributed by atoms with Gasteiger partial charge in [0.1, 0.15) is 0 Å². The summed E-state index contributed by atoms with van der Waals surface area (Å²) >= 11 is 0. The van der Waals surface area contributed by atoms with E-state index < -0.39 is 16.0 Å². The first-order chi connectivity index (χ1) is 8.28. The lowest BCUT2D eigenvalue weighted by Gasteiger charge is -2.11. The third kappa shape index (κ3) is 5.15. The van der Waals surface area contributed by atoms with Crippen molar-refractivity contribution in [1.82, 2.24) is 0 Å². The second kappa shape index (κ2) is 5.83. The number of carbonyl (C=O) groups is 1. The Labute approximate surface area is 106 Å². The molecule has 0 spiro atoms. The Hall–Kier alpha value is -1.60. The highest BCUT2D eigenvalue weighted by Gasteiger charge is 2.09. The Morgan fingerprint density at radius 2 is 1.94 bits per heavy atom. The Balaban J connectivity index is 2.67. The Bertz CT molecular complexity index is 510. The molecule has 0 fully saturated rings. The van der Waals surface area contributed by atoms with Crippen LogP contribution < -0.4 is 10.5 Å². The molecule has 4 N–H and O–H groups in total. The van der Waals surface area contributed by atoms with Crippen molar-refractivity contribution < 1.29 is 18.3 Å². The molecule has 6 nitrogen and oxygen atoms in total. The number of carboxylic acid groups (broad SMARTS) is 1. The molecule has 0 aromatic heterocycles. The molecule has 0 amide bonds. The maximum Gasteiger partial charge on any atom is 0.303 e. The average molecular weight is 272 g/mol. The van der Waals surface area contributed by atoms with Gasteiger partial charge in [0.15, 0.2) is 0 Å². The van der Waals surface area contributed by atoms with Gasteiger partial charge in [-0.2, -0.15) is 0 Å². The molecule has 0 bridgehead atoms. The summed E-state index contributed by atoms with van der Waals surface area (Å²) in [5.74, 6) is -0.888. The van der Waals surface area contributed by atoms with E-state index in [1.54, 1.807) is 24.3 Å². The second-order valence-corrected chi connectivity index (χ2v) is 5.78. The third-order valence-electron chi connectivity index (χ3n) is 2.31. The molecule has 100 valence electrons. The van der Waals surface area contributed by atoms with Crippen molar-refractivity contribution in [2.45, 2.75) is 18.9 Å². The van der Waals surface area contributed by atoms with Gasteiger partial charge in [-0.1, -0.05) is 12.1 Å². The van der Waals surface area contributed by atoms with Crippen LogP contribution in [0, 0.1) is 0 Å². The van der Waals surface area contributed by atoms with Crippen LogP contribution in [0.1, 0.15) is 24.4 Å². The van der Waals surface area contributed by atoms with Crippen LogP contribution >= 0.6 is 0 Å². The fourth-order valence-electron chi connectivity index (χ4n) is 1.46. The molecule has 0 radical (unpaired) electrons. The van der Waals surface area contributed by atoms with E-state index in [1.165, 1.54) is 0 Å². The lowest BCUT2D eigenvalue weighted by molar-refractivity contribution is -0.137. The van der Waals surface area contributed by atoms with Crippen LogP contribution in [0.5, 0.6) is 0 Å². The molecule has 0 aliphatic rings. The normalized spacial score (nSPS) is 13.0. The molecule has 1 unspecified atom stereocenters. The molecule has 0 aliphatic heterocycles. The first-order valence-corrected chi connectivity index (χ1v) is 7.22. The number of carboxylic acids is 1. The van der Waals surface area contributed by atoms with Crippen LogP contribution in [0.2, 0.25) is 0 Å². The molecule has 0 saturated heterocycles. The van der Waals surface area contributed by atoms with E-state index in [1.807, 2.05) is 0 Å². The van der Waals surface area contributed by atoms with Crippen molar-refractivity contribution >= 4 is 21.7 Å². The van der Waals surface area contributed by atoms with Gasteiger partial charge in [-0.15, -0.1) is 0 Å². The molecule has 0 aliphatic carbocycles. The monoisotopic (exact) mass is 272 g/mol. The van der Waals surface area contributed by atoms with Crippen LogP contribution in [0.25, 0.3) is 0 Å². The van der Waals surface area contributed by atoms with Crippen molar-refractivity contribution in [3.8, 4) is 0 Å². The highest BCUT2D eigenvalue weighted by atomic mass is 32.2. The summed E-state index contributed by atoms with van der Waals surface area (Å²) in [6.45, 7) is 0. The smallest absolute Gasteiger partial charge is 0.303 e. The van der Waals surface area contributed by atoms with Crippen LogP contribution in [-0.2, 0) is 14.8 Å². The predicted octanol–water partition coefficient (Wildman–Crippen LogP) is 0.923. The molecule has 0 saturated carbocycles. The van der Waals surface area contributed by atoms with Crippen molar-refractivity contribution in [1.29, 1.82) is 0 Å². The number of nitrogens with two attached hydrogens (primary N) is 1. The van der Waals surface area contributed by atoms with Gasteiger partial charge < -0.3 is 10.8 Å². The van der Waals surface area contributed by atoms with E-state index in [2.05, 4.69) is 4.72 Å². The van der Waals surface area contributed by atoms with Gasteiger partial charge in [0.2, 0.25) is 10.0 Å². The largest absolute Gasteiger partial charge is 0.481 e. The topological polar surface area (TPSA) is 109 Å². The standard InChI is InChI=1S/C11H16N2O4S/c1-18(16,17)13-9-4-2-8(3-5-9)10(12)6-7-11(14)15/h2-5,10,13H,6-7,12H2,1H3,(H,14,15). The minimum atomic E-state index is -3.29. The summed E-state index contributed by atoms with van der Waals surface area (Å²) < 4.78 is 24.3. The fraction of sp³-hybridized carbons (Fsp3) is 0.364. The predicted molar refractivity (Wildman–Crippen MR) is 68.7 cm³/mol. The van der Waals surface area contributed by atoms with E-state index in [4.69, 9.17) is 10.8 Å². The van der Waals surface area contributed by atoms with E-state index in [0.717, 1.165) is 11.8 Å². The van der Waals surface area contributed by atoms with Crippen LogP contribution in [0.15, 0.2) is 24.3 Å². The lowest BCUT2D eigenvalue weighted by Crippen LogP contribution is -2.13. The van der Waals surface area contributed by atoms with Crippen molar-refractivity contribution in [2.24, 2.45) is 5.73 Å². The summed E-state index contributed by atoms with van der Waals surface area (Å²) in [7, 11) is -3.29. The average Bonchev–Trinajstić information content (AvgIpc) is 2.24. The Morgan fingerprint density at radius 3 is 2.39 bits per heavy atom. The summed E-state index contributed by atoms with van der Waals surface area (Å²) in [6, 6.07) is 6.18. The van der Waals surface area contributed by atoms with Gasteiger partial charge in [0.05, 0.1) is 6.26 Å². The van der Waals surface area contributed by atoms with Gasteiger partial charge >= 0.3 is 5.97 Å². The number of benzene rings is 1. The minimum Gasteiger partial charge on any atom is -0.481 e. The van der Waals surface area contributed by atoms with Gasteiger partial charge in [-0.25, -0.2) is 8.42 Å². The van der Waals surface area contributed by atoms with Crippen LogP contribution in [0.4, 0.5) is 5.69 Å². The third-order valence-corrected chi connectivity index (χ3v) is 2.92. The number of hydrogen-bond donors (Lipinski definition) is 3. The number of nitrogens with one attached hydrogen (secondary N) is 1. The number of anilines is 1. The van der Waals surface area contributed by atoms with Crippen molar-refractivity contribution in [3.05, 3.63) is 29.8 Å². The van der Waals surface area contributed by atoms with Gasteiger partial charge in [0, 0.05) is 18.2 Å². The van der Waals surface area contributed by atoms with E-state index in [-0.39, 0.29) is 12.5 Å². The molecule has 0 heterocycles. The highest BCUT2D eigenvalue weighted by Crippen LogP contribution is 2.18. The zero-order valence-corrected chi connectivity index (χ0v) is 10.8. The number of aliphatic carboxylic acids is 1. The zero-order valence-electron chi connectivity index (χ0n) is 9.96. The maximum absolute atomic E-state index is 11.0. The Kier molecular flexibility index (Phi) is 4.69. The molecule has 7 heteroatoms. The second-order valence-electron chi connectivity index (χ2n) is 4.04. The molecule has 1 aromatic carbocycles. The first kappa shape index (κ1) is 14.5. The molecule has 1 rings (SSSR count). The number of hydrogen-bond acceptors (Lipinski definition) is 4. The van der Waals surface area contributed by atoms with Gasteiger partial charge in [0.25, 0.3) is 0 Å². The minimum absolute atomic E-state index is 0.00447. The quantitative estimate of drug-likeness (QED) is 0.713. The molecular formula is C11H16N2O4S. The summed E-state index contributed by atoms with van der Waals surface area (Å²) in [5.41, 5.74) is 7.04. The summed E-state index contributed by atoms with van der Waals surface area (Å²) in [6.07, 6.45) is 1.41. The maximum atomic E-state index is 11.0. The van der Waals surface area contributed by atoms with Crippen molar-refractivity contribution in [3.63, 3.8) is 0 Å². The number of rotatable bonds is 6. The van der Waals surface area contributed by atoms with Gasteiger partial charge in [-0.3, -0.25) is 9.52 Å². The molecule has 1 atom stereocenters. The lowest BCUT2D eigenvalue weighted by atomic mass is 10.0. The zero-order chi connectivity index (χ0) is 13.8. The summed E-state index contributed by atoms with van der Waals surface area (Å²) in [4.78, 5) is 10.4. The first-order valence-electron chi connectivity index (χ1n) is 5.33.